The van der Waals surface area contributed by atoms with Crippen LogP contribution >= 0.6 is 0 Å². The molecule has 2 aliphatic rings. The number of aromatic nitrogens is 2. The summed E-state index contributed by atoms with van der Waals surface area (Å²) in [5, 5.41) is 8.08. The lowest BCUT2D eigenvalue weighted by Gasteiger charge is -2.40. The first-order valence-electron chi connectivity index (χ1n) is 8.55. The molecule has 0 atom stereocenters. The second kappa shape index (κ2) is 6.49. The van der Waals surface area contributed by atoms with Crippen LogP contribution < -0.4 is 5.32 Å². The largest absolute Gasteiger partial charge is 0.313 e. The van der Waals surface area contributed by atoms with Gasteiger partial charge in [0.1, 0.15) is 0 Å². The average Bonchev–Trinajstić information content (AvgIpc) is 3.21. The summed E-state index contributed by atoms with van der Waals surface area (Å²) in [6.45, 7) is 3.44. The molecule has 0 unspecified atom stereocenters. The molecule has 3 rings (SSSR count). The highest BCUT2D eigenvalue weighted by molar-refractivity contribution is 5.03. The lowest BCUT2D eigenvalue weighted by Crippen LogP contribution is -2.44. The van der Waals surface area contributed by atoms with Crippen LogP contribution in [0.25, 0.3) is 0 Å². The Kier molecular flexibility index (Phi) is 4.65. The molecule has 4 nitrogen and oxygen atoms in total. The second-order valence-electron chi connectivity index (χ2n) is 7.41. The maximum absolute atomic E-state index is 4.28. The molecule has 2 saturated carbocycles. The van der Waals surface area contributed by atoms with Crippen molar-refractivity contribution in [1.82, 2.24) is 20.0 Å². The van der Waals surface area contributed by atoms with Gasteiger partial charge in [-0.1, -0.05) is 19.3 Å². The number of rotatable bonds is 7. The summed E-state index contributed by atoms with van der Waals surface area (Å²) in [7, 11) is 4.26. The third kappa shape index (κ3) is 4.30. The van der Waals surface area contributed by atoms with Gasteiger partial charge in [-0.25, -0.2) is 0 Å². The van der Waals surface area contributed by atoms with Crippen molar-refractivity contribution in [1.29, 1.82) is 0 Å². The van der Waals surface area contributed by atoms with E-state index < -0.39 is 0 Å². The zero-order valence-corrected chi connectivity index (χ0v) is 13.6. The standard InChI is InChI=1S/C17H30N4/c1-20(11-15-10-19-21(2)12-15)14-17(8-4-3-5-9-17)13-18-16-6-7-16/h10,12,16,18H,3-9,11,13-14H2,1-2H3. The first kappa shape index (κ1) is 15.0. The van der Waals surface area contributed by atoms with Gasteiger partial charge in [0.15, 0.2) is 0 Å². The SMILES string of the molecule is CN(Cc1cnn(C)c1)CC1(CNC2CC2)CCCCC1. The molecule has 1 aromatic heterocycles. The summed E-state index contributed by atoms with van der Waals surface area (Å²) in [4.78, 5) is 2.50. The minimum Gasteiger partial charge on any atom is -0.313 e. The number of nitrogens with zero attached hydrogens (tertiary/aromatic N) is 3. The molecule has 2 aliphatic carbocycles. The Labute approximate surface area is 128 Å². The van der Waals surface area contributed by atoms with Gasteiger partial charge in [0, 0.05) is 44.5 Å². The summed E-state index contributed by atoms with van der Waals surface area (Å²) in [5.74, 6) is 0. The Morgan fingerprint density at radius 3 is 2.71 bits per heavy atom. The molecule has 0 radical (unpaired) electrons. The second-order valence-corrected chi connectivity index (χ2v) is 7.41. The Hall–Kier alpha value is -0.870. The summed E-state index contributed by atoms with van der Waals surface area (Å²) in [6, 6.07) is 0.826. The molecule has 1 aromatic rings. The van der Waals surface area contributed by atoms with Gasteiger partial charge in [-0.3, -0.25) is 4.68 Å². The molecule has 118 valence electrons. The van der Waals surface area contributed by atoms with Crippen LogP contribution in [0.2, 0.25) is 0 Å². The monoisotopic (exact) mass is 290 g/mol. The van der Waals surface area contributed by atoms with E-state index in [1.165, 1.54) is 63.6 Å². The lowest BCUT2D eigenvalue weighted by molar-refractivity contribution is 0.113. The van der Waals surface area contributed by atoms with Gasteiger partial charge in [-0.2, -0.15) is 5.10 Å². The normalized spacial score (nSPS) is 21.9. The summed E-state index contributed by atoms with van der Waals surface area (Å²) >= 11 is 0. The molecule has 0 saturated heterocycles. The highest BCUT2D eigenvalue weighted by Crippen LogP contribution is 2.37. The summed E-state index contributed by atoms with van der Waals surface area (Å²) in [5.41, 5.74) is 1.82. The van der Waals surface area contributed by atoms with Crippen molar-refractivity contribution in [2.24, 2.45) is 12.5 Å². The van der Waals surface area contributed by atoms with Crippen molar-refractivity contribution in [3.8, 4) is 0 Å². The number of nitrogens with one attached hydrogen (secondary N) is 1. The van der Waals surface area contributed by atoms with Crippen LogP contribution in [-0.2, 0) is 13.6 Å². The molecule has 0 aliphatic heterocycles. The van der Waals surface area contributed by atoms with Gasteiger partial charge < -0.3 is 10.2 Å². The van der Waals surface area contributed by atoms with Crippen LogP contribution in [0.4, 0.5) is 0 Å². The van der Waals surface area contributed by atoms with Gasteiger partial charge in [0.05, 0.1) is 6.20 Å². The third-order valence-electron chi connectivity index (χ3n) is 5.07. The van der Waals surface area contributed by atoms with Crippen molar-refractivity contribution < 1.29 is 0 Å². The van der Waals surface area contributed by atoms with Crippen LogP contribution in [0.15, 0.2) is 12.4 Å². The molecule has 4 heteroatoms. The van der Waals surface area contributed by atoms with Gasteiger partial charge in [-0.15, -0.1) is 0 Å². The minimum atomic E-state index is 0.498. The van der Waals surface area contributed by atoms with Gasteiger partial charge in [-0.05, 0) is 38.1 Å². The number of aryl methyl sites for hydroxylation is 1. The zero-order chi connectivity index (χ0) is 14.7. The Morgan fingerprint density at radius 2 is 2.10 bits per heavy atom. The van der Waals surface area contributed by atoms with E-state index in [1.807, 2.05) is 17.9 Å². The maximum Gasteiger partial charge on any atom is 0.0534 e. The fourth-order valence-electron chi connectivity index (χ4n) is 3.83. The first-order chi connectivity index (χ1) is 10.2. The third-order valence-corrected chi connectivity index (χ3v) is 5.07. The smallest absolute Gasteiger partial charge is 0.0534 e. The Balaban J connectivity index is 1.56. The van der Waals surface area contributed by atoms with Crippen LogP contribution in [0, 0.1) is 5.41 Å². The van der Waals surface area contributed by atoms with Crippen molar-refractivity contribution in [3.63, 3.8) is 0 Å². The van der Waals surface area contributed by atoms with Crippen LogP contribution in [0.3, 0.4) is 0 Å². The molecule has 0 amide bonds. The lowest BCUT2D eigenvalue weighted by atomic mass is 9.73. The Morgan fingerprint density at radius 1 is 1.33 bits per heavy atom. The predicted octanol–water partition coefficient (Wildman–Crippen LogP) is 2.55. The van der Waals surface area contributed by atoms with Crippen molar-refractivity contribution in [2.75, 3.05) is 20.1 Å². The topological polar surface area (TPSA) is 33.1 Å². The molecule has 0 aromatic carbocycles. The maximum atomic E-state index is 4.28. The summed E-state index contributed by atoms with van der Waals surface area (Å²) in [6.07, 6.45) is 13.9. The molecule has 21 heavy (non-hydrogen) atoms. The fraction of sp³-hybridized carbons (Fsp3) is 0.824. The molecule has 2 fully saturated rings. The van der Waals surface area contributed by atoms with Crippen molar-refractivity contribution >= 4 is 0 Å². The van der Waals surface area contributed by atoms with Gasteiger partial charge in [0.25, 0.3) is 0 Å². The van der Waals surface area contributed by atoms with Crippen molar-refractivity contribution in [3.05, 3.63) is 18.0 Å². The zero-order valence-electron chi connectivity index (χ0n) is 13.6. The van der Waals surface area contributed by atoms with Crippen molar-refractivity contribution in [2.45, 2.75) is 57.5 Å². The van der Waals surface area contributed by atoms with E-state index in [2.05, 4.69) is 28.6 Å². The molecule has 1 heterocycles. The van der Waals surface area contributed by atoms with Crippen LogP contribution in [0.1, 0.15) is 50.5 Å². The van der Waals surface area contributed by atoms with E-state index in [1.54, 1.807) is 0 Å². The first-order valence-corrected chi connectivity index (χ1v) is 8.55. The number of hydrogen-bond donors (Lipinski definition) is 1. The van der Waals surface area contributed by atoms with E-state index in [0.717, 1.165) is 12.6 Å². The molecule has 0 bridgehead atoms. The minimum absolute atomic E-state index is 0.498. The highest BCUT2D eigenvalue weighted by Gasteiger charge is 2.34. The fourth-order valence-corrected chi connectivity index (χ4v) is 3.83. The summed E-state index contributed by atoms with van der Waals surface area (Å²) < 4.78 is 1.90. The van der Waals surface area contributed by atoms with Crippen LogP contribution in [-0.4, -0.2) is 40.9 Å². The number of hydrogen-bond acceptors (Lipinski definition) is 3. The van der Waals surface area contributed by atoms with E-state index >= 15 is 0 Å². The molecular formula is C17H30N4. The quantitative estimate of drug-likeness (QED) is 0.838. The van der Waals surface area contributed by atoms with E-state index in [0.29, 0.717) is 5.41 Å². The van der Waals surface area contributed by atoms with Gasteiger partial charge in [0.2, 0.25) is 0 Å². The van der Waals surface area contributed by atoms with E-state index in [9.17, 15) is 0 Å². The van der Waals surface area contributed by atoms with E-state index in [4.69, 9.17) is 0 Å². The molecule has 0 spiro atoms. The molecule has 1 N–H and O–H groups in total. The average molecular weight is 290 g/mol. The van der Waals surface area contributed by atoms with Gasteiger partial charge >= 0.3 is 0 Å². The van der Waals surface area contributed by atoms with Crippen LogP contribution in [0.5, 0.6) is 0 Å². The predicted molar refractivity (Wildman–Crippen MR) is 86.1 cm³/mol. The Bertz CT molecular complexity index is 443. The highest BCUT2D eigenvalue weighted by atomic mass is 15.2. The van der Waals surface area contributed by atoms with E-state index in [-0.39, 0.29) is 0 Å². The molecular weight excluding hydrogens is 260 g/mol.